The lowest BCUT2D eigenvalue weighted by Crippen LogP contribution is -2.15. The van der Waals surface area contributed by atoms with Gasteiger partial charge in [0, 0.05) is 23.9 Å². The SMILES string of the molecule is CC(=O)Nc1cc(NC(=O)c2cc3ccc(C)cc3[nH]2)c(F)cc1F. The van der Waals surface area contributed by atoms with Crippen LogP contribution in [0.1, 0.15) is 23.0 Å². The molecule has 0 atom stereocenters. The first-order valence-electron chi connectivity index (χ1n) is 7.51. The van der Waals surface area contributed by atoms with Gasteiger partial charge in [-0.3, -0.25) is 9.59 Å². The minimum absolute atomic E-state index is 0.212. The van der Waals surface area contributed by atoms with Gasteiger partial charge in [0.25, 0.3) is 5.91 Å². The molecule has 0 aliphatic heterocycles. The maximum Gasteiger partial charge on any atom is 0.272 e. The first kappa shape index (κ1) is 16.6. The summed E-state index contributed by atoms with van der Waals surface area (Å²) in [6.45, 7) is 3.13. The summed E-state index contributed by atoms with van der Waals surface area (Å²) in [5, 5.41) is 5.46. The Morgan fingerprint density at radius 1 is 0.960 bits per heavy atom. The molecule has 0 aliphatic carbocycles. The van der Waals surface area contributed by atoms with Gasteiger partial charge in [-0.15, -0.1) is 0 Å². The predicted octanol–water partition coefficient (Wildman–Crippen LogP) is 3.97. The molecule has 0 saturated carbocycles. The largest absolute Gasteiger partial charge is 0.351 e. The predicted molar refractivity (Wildman–Crippen MR) is 91.7 cm³/mol. The summed E-state index contributed by atoms with van der Waals surface area (Å²) >= 11 is 0. The van der Waals surface area contributed by atoms with Crippen LogP contribution in [0.3, 0.4) is 0 Å². The monoisotopic (exact) mass is 343 g/mol. The zero-order valence-corrected chi connectivity index (χ0v) is 13.5. The van der Waals surface area contributed by atoms with Crippen molar-refractivity contribution in [1.29, 1.82) is 0 Å². The zero-order valence-electron chi connectivity index (χ0n) is 13.5. The van der Waals surface area contributed by atoms with E-state index in [2.05, 4.69) is 15.6 Å². The molecule has 7 heteroatoms. The van der Waals surface area contributed by atoms with Crippen LogP contribution in [0.15, 0.2) is 36.4 Å². The van der Waals surface area contributed by atoms with Crippen LogP contribution in [0.25, 0.3) is 10.9 Å². The zero-order chi connectivity index (χ0) is 18.1. The van der Waals surface area contributed by atoms with Crippen molar-refractivity contribution >= 4 is 34.1 Å². The van der Waals surface area contributed by atoms with Crippen LogP contribution >= 0.6 is 0 Å². The van der Waals surface area contributed by atoms with E-state index >= 15 is 0 Å². The average Bonchev–Trinajstić information content (AvgIpc) is 2.94. The Balaban J connectivity index is 1.89. The summed E-state index contributed by atoms with van der Waals surface area (Å²) in [5.41, 5.74) is 1.61. The van der Waals surface area contributed by atoms with Gasteiger partial charge in [-0.1, -0.05) is 12.1 Å². The van der Waals surface area contributed by atoms with Crippen molar-refractivity contribution in [3.05, 3.63) is 59.3 Å². The van der Waals surface area contributed by atoms with Crippen LogP contribution in [0, 0.1) is 18.6 Å². The van der Waals surface area contributed by atoms with E-state index in [1.165, 1.54) is 6.92 Å². The van der Waals surface area contributed by atoms with Gasteiger partial charge in [-0.05, 0) is 30.7 Å². The van der Waals surface area contributed by atoms with Gasteiger partial charge in [-0.25, -0.2) is 8.78 Å². The fourth-order valence-corrected chi connectivity index (χ4v) is 2.48. The lowest BCUT2D eigenvalue weighted by Gasteiger charge is -2.09. The molecule has 3 N–H and O–H groups in total. The smallest absolute Gasteiger partial charge is 0.272 e. The standard InChI is InChI=1S/C18H15F2N3O2/c1-9-3-4-11-6-17(22-14(11)5-9)18(25)23-16-8-15(21-10(2)24)12(19)7-13(16)20/h3-8,22H,1-2H3,(H,21,24)(H,23,25). The summed E-state index contributed by atoms with van der Waals surface area (Å²) in [6.07, 6.45) is 0. The molecule has 0 aliphatic rings. The van der Waals surface area contributed by atoms with Crippen molar-refractivity contribution in [2.75, 3.05) is 10.6 Å². The third-order valence-corrected chi connectivity index (χ3v) is 3.64. The Labute approximate surface area is 142 Å². The Morgan fingerprint density at radius 3 is 2.32 bits per heavy atom. The molecule has 0 fully saturated rings. The molecule has 2 amide bonds. The fraction of sp³-hybridized carbons (Fsp3) is 0.111. The fourth-order valence-electron chi connectivity index (χ4n) is 2.48. The highest BCUT2D eigenvalue weighted by molar-refractivity contribution is 6.06. The molecule has 1 heterocycles. The minimum atomic E-state index is -0.938. The number of anilines is 2. The summed E-state index contributed by atoms with van der Waals surface area (Å²) in [7, 11) is 0. The normalized spacial score (nSPS) is 10.7. The van der Waals surface area contributed by atoms with Gasteiger partial charge in [0.2, 0.25) is 5.91 Å². The first-order valence-corrected chi connectivity index (χ1v) is 7.51. The van der Waals surface area contributed by atoms with Gasteiger partial charge >= 0.3 is 0 Å². The third-order valence-electron chi connectivity index (χ3n) is 3.64. The molecule has 3 rings (SSSR count). The lowest BCUT2D eigenvalue weighted by atomic mass is 10.2. The second-order valence-electron chi connectivity index (χ2n) is 5.72. The number of carbonyl (C=O) groups is 2. The van der Waals surface area contributed by atoms with E-state index in [4.69, 9.17) is 0 Å². The van der Waals surface area contributed by atoms with E-state index in [0.29, 0.717) is 6.07 Å². The number of hydrogen-bond acceptors (Lipinski definition) is 2. The maximum absolute atomic E-state index is 13.9. The second-order valence-corrected chi connectivity index (χ2v) is 5.72. The van der Waals surface area contributed by atoms with Crippen molar-refractivity contribution in [3.63, 3.8) is 0 Å². The van der Waals surface area contributed by atoms with E-state index in [1.807, 2.05) is 25.1 Å². The van der Waals surface area contributed by atoms with E-state index in [-0.39, 0.29) is 17.1 Å². The molecular formula is C18H15F2N3O2. The van der Waals surface area contributed by atoms with E-state index in [1.54, 1.807) is 6.07 Å². The highest BCUT2D eigenvalue weighted by atomic mass is 19.1. The Kier molecular flexibility index (Phi) is 4.22. The summed E-state index contributed by atoms with van der Waals surface area (Å²) in [4.78, 5) is 26.4. The van der Waals surface area contributed by atoms with E-state index in [0.717, 1.165) is 22.5 Å². The first-order chi connectivity index (χ1) is 11.8. The van der Waals surface area contributed by atoms with E-state index < -0.39 is 23.4 Å². The van der Waals surface area contributed by atoms with E-state index in [9.17, 15) is 18.4 Å². The van der Waals surface area contributed by atoms with Gasteiger partial charge < -0.3 is 15.6 Å². The molecule has 3 aromatic rings. The number of aryl methyl sites for hydroxylation is 1. The number of amides is 2. The molecule has 0 spiro atoms. The van der Waals surface area contributed by atoms with Crippen LogP contribution in [-0.2, 0) is 4.79 Å². The van der Waals surface area contributed by atoms with Gasteiger partial charge in [-0.2, -0.15) is 0 Å². The average molecular weight is 343 g/mol. The molecule has 128 valence electrons. The molecule has 0 saturated heterocycles. The molecule has 25 heavy (non-hydrogen) atoms. The summed E-state index contributed by atoms with van der Waals surface area (Å²) in [5.74, 6) is -2.94. The van der Waals surface area contributed by atoms with Crippen molar-refractivity contribution in [3.8, 4) is 0 Å². The van der Waals surface area contributed by atoms with Crippen molar-refractivity contribution in [2.24, 2.45) is 0 Å². The number of hydrogen-bond donors (Lipinski definition) is 3. The van der Waals surface area contributed by atoms with Crippen molar-refractivity contribution in [2.45, 2.75) is 13.8 Å². The lowest BCUT2D eigenvalue weighted by molar-refractivity contribution is -0.114. The van der Waals surface area contributed by atoms with Gasteiger partial charge in [0.1, 0.15) is 17.3 Å². The Bertz CT molecular complexity index is 995. The number of carbonyl (C=O) groups excluding carboxylic acids is 2. The number of halogens is 2. The van der Waals surface area contributed by atoms with Crippen LogP contribution in [0.4, 0.5) is 20.2 Å². The Morgan fingerprint density at radius 2 is 1.64 bits per heavy atom. The molecular weight excluding hydrogens is 328 g/mol. The second kappa shape index (κ2) is 6.35. The third kappa shape index (κ3) is 3.50. The number of nitrogens with one attached hydrogen (secondary N) is 3. The number of rotatable bonds is 3. The number of aromatic amines is 1. The highest BCUT2D eigenvalue weighted by Gasteiger charge is 2.15. The summed E-state index contributed by atoms with van der Waals surface area (Å²) in [6, 6.07) is 8.95. The quantitative estimate of drug-likeness (QED) is 0.673. The van der Waals surface area contributed by atoms with Crippen LogP contribution in [0.2, 0.25) is 0 Å². The van der Waals surface area contributed by atoms with Crippen LogP contribution in [0.5, 0.6) is 0 Å². The molecule has 2 aromatic carbocycles. The molecule has 0 radical (unpaired) electrons. The number of fused-ring (bicyclic) bond motifs is 1. The van der Waals surface area contributed by atoms with Crippen molar-refractivity contribution < 1.29 is 18.4 Å². The number of aromatic nitrogens is 1. The highest BCUT2D eigenvalue weighted by Crippen LogP contribution is 2.24. The van der Waals surface area contributed by atoms with Crippen molar-refractivity contribution in [1.82, 2.24) is 4.98 Å². The Hall–Kier alpha value is -3.22. The van der Waals surface area contributed by atoms with Crippen LogP contribution in [-0.4, -0.2) is 16.8 Å². The molecule has 0 bridgehead atoms. The van der Waals surface area contributed by atoms with Gasteiger partial charge in [0.15, 0.2) is 0 Å². The minimum Gasteiger partial charge on any atom is -0.351 e. The molecule has 0 unspecified atom stereocenters. The topological polar surface area (TPSA) is 74.0 Å². The number of H-pyrrole nitrogens is 1. The molecule has 1 aromatic heterocycles. The maximum atomic E-state index is 13.9. The van der Waals surface area contributed by atoms with Gasteiger partial charge in [0.05, 0.1) is 11.4 Å². The number of benzene rings is 2. The molecule has 5 nitrogen and oxygen atoms in total. The summed E-state index contributed by atoms with van der Waals surface area (Å²) < 4.78 is 27.6. The van der Waals surface area contributed by atoms with Crippen LogP contribution < -0.4 is 10.6 Å².